The molecule has 2 heterocycles. The maximum absolute atomic E-state index is 12.8. The van der Waals surface area contributed by atoms with Crippen LogP contribution in [0.2, 0.25) is 5.02 Å². The number of hydrogen-bond acceptors (Lipinski definition) is 3. The van der Waals surface area contributed by atoms with Crippen molar-refractivity contribution in [3.05, 3.63) is 64.4 Å². The van der Waals surface area contributed by atoms with Crippen molar-refractivity contribution in [3.8, 4) is 0 Å². The first-order valence-corrected chi connectivity index (χ1v) is 9.21. The predicted octanol–water partition coefficient (Wildman–Crippen LogP) is 5.36. The van der Waals surface area contributed by atoms with Gasteiger partial charge in [-0.1, -0.05) is 29.8 Å². The molecule has 0 bridgehead atoms. The summed E-state index contributed by atoms with van der Waals surface area (Å²) >= 11 is 7.88. The maximum Gasteiger partial charge on any atom is 0.287 e. The Hall–Kier alpha value is -1.91. The third kappa shape index (κ3) is 2.70. The molecule has 0 spiro atoms. The van der Waals surface area contributed by atoms with Crippen LogP contribution in [-0.4, -0.2) is 11.7 Å². The molecule has 3 aromatic rings. The van der Waals surface area contributed by atoms with E-state index in [1.807, 2.05) is 36.9 Å². The molecule has 5 heteroatoms. The fraction of sp³-hybridized carbons (Fsp3) is 0.211. The standard InChI is InChI=1S/C19H16ClNO2S/c1-11-14-10-12(20)6-7-16(14)23-18(11)19(22)21-15-8-9-24-17-5-3-2-4-13(15)17/h2-7,10,15H,8-9H2,1H3,(H,21,22)/t15-/m0/s1. The summed E-state index contributed by atoms with van der Waals surface area (Å²) in [5, 5.41) is 4.65. The van der Waals surface area contributed by atoms with Crippen LogP contribution in [0.5, 0.6) is 0 Å². The zero-order valence-corrected chi connectivity index (χ0v) is 14.7. The molecule has 0 unspecified atom stereocenters. The van der Waals surface area contributed by atoms with E-state index in [-0.39, 0.29) is 11.9 Å². The molecule has 1 atom stereocenters. The predicted molar refractivity (Wildman–Crippen MR) is 98.0 cm³/mol. The molecule has 0 saturated heterocycles. The third-order valence-corrected chi connectivity index (χ3v) is 5.73. The quantitative estimate of drug-likeness (QED) is 0.671. The molecule has 1 amide bonds. The molecule has 1 aromatic heterocycles. The third-order valence-electron chi connectivity index (χ3n) is 4.37. The number of furan rings is 1. The van der Waals surface area contributed by atoms with Crippen LogP contribution in [0.15, 0.2) is 51.8 Å². The minimum absolute atomic E-state index is 0.0196. The fourth-order valence-corrected chi connectivity index (χ4v) is 4.42. The highest BCUT2D eigenvalue weighted by Crippen LogP contribution is 2.36. The number of carbonyl (C=O) groups excluding carboxylic acids is 1. The van der Waals surface area contributed by atoms with Gasteiger partial charge < -0.3 is 9.73 Å². The van der Waals surface area contributed by atoms with Gasteiger partial charge in [-0.2, -0.15) is 0 Å². The zero-order valence-electron chi connectivity index (χ0n) is 13.1. The normalized spacial score (nSPS) is 16.8. The van der Waals surface area contributed by atoms with E-state index in [1.54, 1.807) is 12.1 Å². The molecule has 1 N–H and O–H groups in total. The van der Waals surface area contributed by atoms with Gasteiger partial charge in [0.05, 0.1) is 6.04 Å². The molecule has 0 saturated carbocycles. The molecular weight excluding hydrogens is 342 g/mol. The van der Waals surface area contributed by atoms with Gasteiger partial charge >= 0.3 is 0 Å². The SMILES string of the molecule is Cc1c(C(=O)N[C@H]2CCSc3ccccc32)oc2ccc(Cl)cc12. The molecule has 0 radical (unpaired) electrons. The number of rotatable bonds is 2. The van der Waals surface area contributed by atoms with E-state index >= 15 is 0 Å². The number of halogens is 1. The second-order valence-electron chi connectivity index (χ2n) is 5.90. The maximum atomic E-state index is 12.8. The molecular formula is C19H16ClNO2S. The van der Waals surface area contributed by atoms with Gasteiger partial charge in [0.15, 0.2) is 5.76 Å². The smallest absolute Gasteiger partial charge is 0.287 e. The van der Waals surface area contributed by atoms with E-state index in [4.69, 9.17) is 16.0 Å². The van der Waals surface area contributed by atoms with Crippen LogP contribution >= 0.6 is 23.4 Å². The summed E-state index contributed by atoms with van der Waals surface area (Å²) < 4.78 is 5.77. The summed E-state index contributed by atoms with van der Waals surface area (Å²) in [6.45, 7) is 1.89. The van der Waals surface area contributed by atoms with Gasteiger partial charge in [0.2, 0.25) is 0 Å². The Labute approximate surface area is 149 Å². The molecule has 1 aliphatic rings. The molecule has 0 fully saturated rings. The summed E-state index contributed by atoms with van der Waals surface area (Å²) in [6.07, 6.45) is 0.915. The van der Waals surface area contributed by atoms with Gasteiger partial charge in [0, 0.05) is 26.6 Å². The summed E-state index contributed by atoms with van der Waals surface area (Å²) in [6, 6.07) is 13.6. The lowest BCUT2D eigenvalue weighted by Crippen LogP contribution is -2.30. The minimum atomic E-state index is -0.175. The fourth-order valence-electron chi connectivity index (χ4n) is 3.13. The van der Waals surface area contributed by atoms with Crippen LogP contribution in [0.3, 0.4) is 0 Å². The Morgan fingerprint density at radius 1 is 1.29 bits per heavy atom. The topological polar surface area (TPSA) is 42.2 Å². The number of aryl methyl sites for hydroxylation is 1. The second-order valence-corrected chi connectivity index (χ2v) is 7.47. The van der Waals surface area contributed by atoms with Crippen molar-refractivity contribution in [2.45, 2.75) is 24.3 Å². The lowest BCUT2D eigenvalue weighted by molar-refractivity contribution is 0.0908. The first-order chi connectivity index (χ1) is 11.6. The largest absolute Gasteiger partial charge is 0.451 e. The molecule has 122 valence electrons. The van der Waals surface area contributed by atoms with Gasteiger partial charge in [-0.25, -0.2) is 0 Å². The highest BCUT2D eigenvalue weighted by molar-refractivity contribution is 7.99. The Morgan fingerprint density at radius 3 is 3.00 bits per heavy atom. The number of carbonyl (C=O) groups is 1. The number of hydrogen-bond donors (Lipinski definition) is 1. The van der Waals surface area contributed by atoms with E-state index in [0.29, 0.717) is 16.4 Å². The lowest BCUT2D eigenvalue weighted by Gasteiger charge is -2.25. The van der Waals surface area contributed by atoms with Crippen molar-refractivity contribution in [2.24, 2.45) is 0 Å². The molecule has 4 rings (SSSR count). The van der Waals surface area contributed by atoms with Crippen LogP contribution in [0.1, 0.15) is 34.1 Å². The number of fused-ring (bicyclic) bond motifs is 2. The van der Waals surface area contributed by atoms with Gasteiger partial charge in [-0.05, 0) is 43.2 Å². The first kappa shape index (κ1) is 15.6. The Kier molecular flexibility index (Phi) is 4.02. The van der Waals surface area contributed by atoms with Crippen molar-refractivity contribution in [1.82, 2.24) is 5.32 Å². The molecule has 0 aliphatic carbocycles. The van der Waals surface area contributed by atoms with E-state index in [1.165, 1.54) is 10.5 Å². The lowest BCUT2D eigenvalue weighted by atomic mass is 10.0. The van der Waals surface area contributed by atoms with Crippen LogP contribution in [0, 0.1) is 6.92 Å². The van der Waals surface area contributed by atoms with Crippen LogP contribution in [-0.2, 0) is 0 Å². The number of thioether (sulfide) groups is 1. The second kappa shape index (κ2) is 6.19. The molecule has 2 aromatic carbocycles. The monoisotopic (exact) mass is 357 g/mol. The van der Waals surface area contributed by atoms with Gasteiger partial charge in [-0.15, -0.1) is 11.8 Å². The van der Waals surface area contributed by atoms with Gasteiger partial charge in [0.1, 0.15) is 5.58 Å². The molecule has 1 aliphatic heterocycles. The van der Waals surface area contributed by atoms with Crippen molar-refractivity contribution < 1.29 is 9.21 Å². The van der Waals surface area contributed by atoms with E-state index in [0.717, 1.165) is 23.1 Å². The summed E-state index contributed by atoms with van der Waals surface area (Å²) in [7, 11) is 0. The van der Waals surface area contributed by atoms with E-state index in [2.05, 4.69) is 17.4 Å². The Morgan fingerprint density at radius 2 is 2.12 bits per heavy atom. The van der Waals surface area contributed by atoms with Crippen molar-refractivity contribution in [2.75, 3.05) is 5.75 Å². The molecule has 24 heavy (non-hydrogen) atoms. The number of nitrogens with one attached hydrogen (secondary N) is 1. The first-order valence-electron chi connectivity index (χ1n) is 7.85. The van der Waals surface area contributed by atoms with Crippen LogP contribution in [0.4, 0.5) is 0 Å². The van der Waals surface area contributed by atoms with Crippen molar-refractivity contribution in [1.29, 1.82) is 0 Å². The van der Waals surface area contributed by atoms with Gasteiger partial charge in [-0.3, -0.25) is 4.79 Å². The van der Waals surface area contributed by atoms with Crippen LogP contribution < -0.4 is 5.32 Å². The van der Waals surface area contributed by atoms with Crippen molar-refractivity contribution in [3.63, 3.8) is 0 Å². The number of amides is 1. The Balaban J connectivity index is 1.65. The van der Waals surface area contributed by atoms with Crippen molar-refractivity contribution >= 4 is 40.2 Å². The molecule has 3 nitrogen and oxygen atoms in total. The van der Waals surface area contributed by atoms with E-state index in [9.17, 15) is 4.79 Å². The summed E-state index contributed by atoms with van der Waals surface area (Å²) in [4.78, 5) is 14.0. The average molecular weight is 358 g/mol. The Bertz CT molecular complexity index is 934. The highest BCUT2D eigenvalue weighted by Gasteiger charge is 2.25. The average Bonchev–Trinajstić information content (AvgIpc) is 2.92. The summed E-state index contributed by atoms with van der Waals surface area (Å²) in [5.41, 5.74) is 2.68. The number of benzene rings is 2. The van der Waals surface area contributed by atoms with E-state index < -0.39 is 0 Å². The zero-order chi connectivity index (χ0) is 16.7. The highest BCUT2D eigenvalue weighted by atomic mass is 35.5. The van der Waals surface area contributed by atoms with Gasteiger partial charge in [0.25, 0.3) is 5.91 Å². The van der Waals surface area contributed by atoms with Crippen LogP contribution in [0.25, 0.3) is 11.0 Å². The summed E-state index contributed by atoms with van der Waals surface area (Å²) in [5.74, 6) is 1.19. The minimum Gasteiger partial charge on any atom is -0.451 e.